The molecule has 0 saturated carbocycles. The number of fused-ring (bicyclic) bond motifs is 1. The summed E-state index contributed by atoms with van der Waals surface area (Å²) in [6.07, 6.45) is 0. The highest BCUT2D eigenvalue weighted by molar-refractivity contribution is 9.10. The van der Waals surface area contributed by atoms with E-state index in [0.29, 0.717) is 12.2 Å². The van der Waals surface area contributed by atoms with Crippen molar-refractivity contribution in [3.63, 3.8) is 0 Å². The van der Waals surface area contributed by atoms with Crippen molar-refractivity contribution in [2.45, 2.75) is 12.5 Å². The lowest BCUT2D eigenvalue weighted by Crippen LogP contribution is -2.37. The van der Waals surface area contributed by atoms with E-state index in [1.807, 2.05) is 0 Å². The van der Waals surface area contributed by atoms with Gasteiger partial charge in [0.2, 0.25) is 5.91 Å². The number of halogens is 1. The fourth-order valence-corrected chi connectivity index (χ4v) is 2.61. The van der Waals surface area contributed by atoms with E-state index >= 15 is 0 Å². The molecule has 2 atom stereocenters. The van der Waals surface area contributed by atoms with Gasteiger partial charge in [-0.05, 0) is 31.2 Å². The van der Waals surface area contributed by atoms with Crippen LogP contribution in [0.4, 0.5) is 5.69 Å². The lowest BCUT2D eigenvalue weighted by atomic mass is 9.90. The number of carbonyl (C=O) groups excluding carboxylic acids is 2. The van der Waals surface area contributed by atoms with Gasteiger partial charge in [-0.25, -0.2) is 4.90 Å². The van der Waals surface area contributed by atoms with E-state index < -0.39 is 11.5 Å². The lowest BCUT2D eigenvalue weighted by molar-refractivity contribution is -0.122. The Balaban J connectivity index is 2.04. The van der Waals surface area contributed by atoms with Gasteiger partial charge in [-0.3, -0.25) is 9.59 Å². The van der Waals surface area contributed by atoms with E-state index in [1.54, 1.807) is 31.2 Å². The predicted octanol–water partition coefficient (Wildman–Crippen LogP) is 2.16. The zero-order valence-corrected chi connectivity index (χ0v) is 11.2. The van der Waals surface area contributed by atoms with Crippen molar-refractivity contribution in [1.29, 1.82) is 0 Å². The first kappa shape index (κ1) is 11.5. The number of hydrogen-bond donors (Lipinski definition) is 0. The number of carbonyl (C=O) groups is 2. The Bertz CT molecular complexity index is 569. The van der Waals surface area contributed by atoms with Crippen molar-refractivity contribution in [2.75, 3.05) is 11.4 Å². The SMILES string of the molecule is CC12N=NCC1C(=O)N(c1ccc(Br)cc1)C2=O. The van der Waals surface area contributed by atoms with Gasteiger partial charge < -0.3 is 0 Å². The summed E-state index contributed by atoms with van der Waals surface area (Å²) >= 11 is 3.32. The van der Waals surface area contributed by atoms with Crippen LogP contribution in [-0.4, -0.2) is 23.9 Å². The molecule has 2 aliphatic heterocycles. The Morgan fingerprint density at radius 3 is 2.61 bits per heavy atom. The quantitative estimate of drug-likeness (QED) is 0.746. The molecule has 0 aliphatic carbocycles. The van der Waals surface area contributed by atoms with Crippen LogP contribution < -0.4 is 4.90 Å². The van der Waals surface area contributed by atoms with Gasteiger partial charge in [-0.15, -0.1) is 0 Å². The van der Waals surface area contributed by atoms with Crippen molar-refractivity contribution < 1.29 is 9.59 Å². The molecule has 2 amide bonds. The molecule has 0 spiro atoms. The minimum atomic E-state index is -1.01. The van der Waals surface area contributed by atoms with Crippen LogP contribution in [0.3, 0.4) is 0 Å². The minimum Gasteiger partial charge on any atom is -0.274 e. The maximum Gasteiger partial charge on any atom is 0.264 e. The number of anilines is 1. The molecule has 0 aromatic heterocycles. The summed E-state index contributed by atoms with van der Waals surface area (Å²) in [6.45, 7) is 1.97. The number of nitrogens with zero attached hydrogens (tertiary/aromatic N) is 3. The molecule has 1 saturated heterocycles. The molecule has 0 N–H and O–H groups in total. The van der Waals surface area contributed by atoms with E-state index in [1.165, 1.54) is 4.90 Å². The van der Waals surface area contributed by atoms with Crippen LogP contribution in [-0.2, 0) is 9.59 Å². The maximum absolute atomic E-state index is 12.3. The summed E-state index contributed by atoms with van der Waals surface area (Å²) in [5, 5.41) is 7.79. The van der Waals surface area contributed by atoms with Crippen LogP contribution in [0.1, 0.15) is 6.92 Å². The molecule has 1 aromatic carbocycles. The summed E-state index contributed by atoms with van der Waals surface area (Å²) in [5.41, 5.74) is -0.427. The second-order valence-corrected chi connectivity index (χ2v) is 5.49. The Morgan fingerprint density at radius 1 is 1.33 bits per heavy atom. The first-order chi connectivity index (χ1) is 8.54. The molecule has 0 radical (unpaired) electrons. The Hall–Kier alpha value is -1.56. The van der Waals surface area contributed by atoms with Crippen molar-refractivity contribution in [3.05, 3.63) is 28.7 Å². The summed E-state index contributed by atoms with van der Waals surface area (Å²) < 4.78 is 0.899. The molecule has 1 aromatic rings. The number of amides is 2. The largest absolute Gasteiger partial charge is 0.274 e. The lowest BCUT2D eigenvalue weighted by Gasteiger charge is -2.16. The molecule has 2 heterocycles. The number of rotatable bonds is 1. The van der Waals surface area contributed by atoms with Gasteiger partial charge in [-0.2, -0.15) is 10.2 Å². The van der Waals surface area contributed by atoms with Gasteiger partial charge in [0.05, 0.1) is 18.2 Å². The van der Waals surface area contributed by atoms with E-state index in [9.17, 15) is 9.59 Å². The third-order valence-electron chi connectivity index (χ3n) is 3.46. The summed E-state index contributed by atoms with van der Waals surface area (Å²) in [4.78, 5) is 25.8. The molecule has 6 heteroatoms. The number of imide groups is 1. The van der Waals surface area contributed by atoms with E-state index in [0.717, 1.165) is 4.47 Å². The van der Waals surface area contributed by atoms with Crippen LogP contribution in [0.2, 0.25) is 0 Å². The summed E-state index contributed by atoms with van der Waals surface area (Å²) in [6, 6.07) is 7.07. The van der Waals surface area contributed by atoms with Gasteiger partial charge in [0.1, 0.15) is 0 Å². The fraction of sp³-hybridized carbons (Fsp3) is 0.333. The molecule has 0 bridgehead atoms. The molecular formula is C12H10BrN3O2. The molecule has 2 aliphatic rings. The highest BCUT2D eigenvalue weighted by atomic mass is 79.9. The van der Waals surface area contributed by atoms with Crippen LogP contribution in [0.5, 0.6) is 0 Å². The van der Waals surface area contributed by atoms with Crippen LogP contribution >= 0.6 is 15.9 Å². The third-order valence-corrected chi connectivity index (χ3v) is 3.99. The molecule has 18 heavy (non-hydrogen) atoms. The summed E-state index contributed by atoms with van der Waals surface area (Å²) in [5.74, 6) is -0.954. The smallest absolute Gasteiger partial charge is 0.264 e. The first-order valence-electron chi connectivity index (χ1n) is 5.56. The topological polar surface area (TPSA) is 62.1 Å². The standard InChI is InChI=1S/C12H10BrN3O2/c1-12-9(6-14-15-12)10(17)16(11(12)18)8-4-2-7(13)3-5-8/h2-5,9H,6H2,1H3. The number of benzene rings is 1. The first-order valence-corrected chi connectivity index (χ1v) is 6.36. The average Bonchev–Trinajstić information content (AvgIpc) is 2.81. The maximum atomic E-state index is 12.3. The van der Waals surface area contributed by atoms with Crippen molar-refractivity contribution in [2.24, 2.45) is 16.1 Å². The van der Waals surface area contributed by atoms with Crippen LogP contribution in [0.15, 0.2) is 39.0 Å². The van der Waals surface area contributed by atoms with Crippen molar-refractivity contribution >= 4 is 33.4 Å². The second kappa shape index (κ2) is 3.71. The molecular weight excluding hydrogens is 298 g/mol. The second-order valence-electron chi connectivity index (χ2n) is 4.58. The van der Waals surface area contributed by atoms with Crippen LogP contribution in [0.25, 0.3) is 0 Å². The van der Waals surface area contributed by atoms with Gasteiger partial charge in [0.15, 0.2) is 5.54 Å². The van der Waals surface area contributed by atoms with Gasteiger partial charge >= 0.3 is 0 Å². The van der Waals surface area contributed by atoms with Gasteiger partial charge in [0, 0.05) is 4.47 Å². The molecule has 1 fully saturated rings. The fourth-order valence-electron chi connectivity index (χ4n) is 2.34. The number of hydrogen-bond acceptors (Lipinski definition) is 4. The molecule has 2 unspecified atom stereocenters. The van der Waals surface area contributed by atoms with E-state index in [-0.39, 0.29) is 11.8 Å². The average molecular weight is 308 g/mol. The number of azo groups is 1. The highest BCUT2D eigenvalue weighted by Gasteiger charge is 2.59. The zero-order valence-electron chi connectivity index (χ0n) is 9.63. The monoisotopic (exact) mass is 307 g/mol. The Kier molecular flexibility index (Phi) is 2.38. The minimum absolute atomic E-state index is 0.213. The van der Waals surface area contributed by atoms with Crippen LogP contribution in [0, 0.1) is 5.92 Å². The van der Waals surface area contributed by atoms with E-state index in [2.05, 4.69) is 26.2 Å². The molecule has 3 rings (SSSR count). The van der Waals surface area contributed by atoms with Crippen molar-refractivity contribution in [3.8, 4) is 0 Å². The summed E-state index contributed by atoms with van der Waals surface area (Å²) in [7, 11) is 0. The van der Waals surface area contributed by atoms with Gasteiger partial charge in [0.25, 0.3) is 5.91 Å². The highest BCUT2D eigenvalue weighted by Crippen LogP contribution is 2.40. The van der Waals surface area contributed by atoms with Gasteiger partial charge in [-0.1, -0.05) is 15.9 Å². The zero-order chi connectivity index (χ0) is 12.9. The normalized spacial score (nSPS) is 30.1. The Labute approximate surface area is 112 Å². The molecule has 92 valence electrons. The van der Waals surface area contributed by atoms with Crippen molar-refractivity contribution in [1.82, 2.24) is 0 Å². The Morgan fingerprint density at radius 2 is 2.00 bits per heavy atom. The molecule has 5 nitrogen and oxygen atoms in total. The van der Waals surface area contributed by atoms with E-state index in [4.69, 9.17) is 0 Å². The predicted molar refractivity (Wildman–Crippen MR) is 68.3 cm³/mol. The third kappa shape index (κ3) is 1.38.